The van der Waals surface area contributed by atoms with Crippen LogP contribution in [0.4, 0.5) is 0 Å². The smallest absolute Gasteiger partial charge is 0.131 e. The van der Waals surface area contributed by atoms with Gasteiger partial charge in [0.05, 0.1) is 0 Å². The van der Waals surface area contributed by atoms with Gasteiger partial charge in [-0.05, 0) is 12.2 Å². The summed E-state index contributed by atoms with van der Waals surface area (Å²) < 4.78 is 0. The maximum Gasteiger partial charge on any atom is 0.131 e. The second-order valence-electron chi connectivity index (χ2n) is 5.33. The molecule has 0 atom stereocenters. The molecule has 24 heavy (non-hydrogen) atoms. The van der Waals surface area contributed by atoms with E-state index < -0.39 is 0 Å². The van der Waals surface area contributed by atoms with Crippen molar-refractivity contribution in [1.29, 1.82) is 10.8 Å². The van der Waals surface area contributed by atoms with Gasteiger partial charge in [-0.1, -0.05) is 12.2 Å². The molecular weight excluding hydrogens is 304 g/mol. The monoisotopic (exact) mass is 320 g/mol. The van der Waals surface area contributed by atoms with Crippen molar-refractivity contribution in [1.82, 2.24) is 0 Å². The third-order valence-corrected chi connectivity index (χ3v) is 3.88. The number of hydrogen-bond acceptors (Lipinski definition) is 6. The van der Waals surface area contributed by atoms with Gasteiger partial charge in [0.25, 0.3) is 0 Å². The Balaban J connectivity index is 2.19. The number of benzene rings is 1. The molecule has 0 saturated heterocycles. The zero-order valence-electron chi connectivity index (χ0n) is 12.8. The Morgan fingerprint density at radius 3 is 1.58 bits per heavy atom. The molecule has 0 fully saturated rings. The molecule has 0 spiro atoms. The average molecular weight is 320 g/mol. The van der Waals surface area contributed by atoms with Crippen LogP contribution in [0.15, 0.2) is 21.4 Å². The van der Waals surface area contributed by atoms with E-state index >= 15 is 0 Å². The van der Waals surface area contributed by atoms with E-state index in [0.29, 0.717) is 45.8 Å². The second-order valence-corrected chi connectivity index (χ2v) is 5.33. The fourth-order valence-corrected chi connectivity index (χ4v) is 2.82. The highest BCUT2D eigenvalue weighted by molar-refractivity contribution is 6.15. The Bertz CT molecular complexity index is 886. The number of phenolic OH excluding ortho intramolecular Hbond substituents is 2. The number of hydrogen-bond donors (Lipinski definition) is 4. The molecule has 0 heterocycles. The molecule has 0 unspecified atom stereocenters. The van der Waals surface area contributed by atoms with Crippen molar-refractivity contribution < 1.29 is 10.2 Å². The maximum absolute atomic E-state index is 10.6. The van der Waals surface area contributed by atoms with Gasteiger partial charge in [-0.15, -0.1) is 0 Å². The lowest BCUT2D eigenvalue weighted by molar-refractivity contribution is 0.450. The number of nitrogens with one attached hydrogen (secondary N) is 2. The zero-order chi connectivity index (χ0) is 17.1. The zero-order valence-corrected chi connectivity index (χ0v) is 12.8. The first-order valence-electron chi connectivity index (χ1n) is 7.41. The molecule has 0 aromatic heterocycles. The molecule has 1 aromatic rings. The number of phenols is 2. The van der Waals surface area contributed by atoms with Crippen molar-refractivity contribution in [2.45, 2.75) is 12.8 Å². The van der Waals surface area contributed by atoms with Crippen LogP contribution in [0.2, 0.25) is 0 Å². The highest BCUT2D eigenvalue weighted by atomic mass is 16.3. The first-order chi connectivity index (χ1) is 11.7. The fourth-order valence-electron chi connectivity index (χ4n) is 2.82. The SMILES string of the molecule is N=CC=NC1=Cc2c(O)c3c(c(O)c2=CC1)C=C(N=CC=N)CC=3. The maximum atomic E-state index is 10.6. The van der Waals surface area contributed by atoms with Gasteiger partial charge < -0.3 is 21.0 Å². The molecule has 6 nitrogen and oxygen atoms in total. The van der Waals surface area contributed by atoms with Crippen LogP contribution in [-0.4, -0.2) is 35.1 Å². The van der Waals surface area contributed by atoms with Gasteiger partial charge in [0.2, 0.25) is 0 Å². The number of aliphatic imine (C=N–C) groups is 2. The largest absolute Gasteiger partial charge is 0.507 e. The average Bonchev–Trinajstić information content (AvgIpc) is 2.62. The van der Waals surface area contributed by atoms with Gasteiger partial charge in [-0.25, -0.2) is 0 Å². The molecule has 6 heteroatoms. The summed E-state index contributed by atoms with van der Waals surface area (Å²) in [5.41, 5.74) is 2.49. The molecule has 3 rings (SSSR count). The minimum atomic E-state index is 0.0997. The fraction of sp³-hybridized carbons (Fsp3) is 0.111. The van der Waals surface area contributed by atoms with E-state index in [-0.39, 0.29) is 11.5 Å². The topological polar surface area (TPSA) is 113 Å². The number of allylic oxidation sites excluding steroid dienone is 2. The summed E-state index contributed by atoms with van der Waals surface area (Å²) in [6.07, 6.45) is 13.0. The third-order valence-electron chi connectivity index (χ3n) is 3.88. The van der Waals surface area contributed by atoms with Gasteiger partial charge in [-0.3, -0.25) is 9.98 Å². The van der Waals surface area contributed by atoms with Gasteiger partial charge in [0, 0.05) is 70.7 Å². The lowest BCUT2D eigenvalue weighted by atomic mass is 9.93. The molecule has 2 aliphatic rings. The number of nitrogens with zero attached hydrogens (tertiary/aromatic N) is 2. The summed E-state index contributed by atoms with van der Waals surface area (Å²) in [6.45, 7) is 0. The molecular formula is C18H16N4O2. The normalized spacial score (nSPS) is 15.8. The van der Waals surface area contributed by atoms with E-state index in [4.69, 9.17) is 10.8 Å². The number of aromatic hydroxyl groups is 2. The first-order valence-corrected chi connectivity index (χ1v) is 7.41. The van der Waals surface area contributed by atoms with Crippen LogP contribution in [0.1, 0.15) is 24.0 Å². The van der Waals surface area contributed by atoms with E-state index in [1.54, 1.807) is 12.2 Å². The van der Waals surface area contributed by atoms with Gasteiger partial charge in [0.15, 0.2) is 0 Å². The van der Waals surface area contributed by atoms with Crippen LogP contribution in [0.3, 0.4) is 0 Å². The van der Waals surface area contributed by atoms with Crippen LogP contribution >= 0.6 is 0 Å². The first kappa shape index (κ1) is 15.6. The summed E-state index contributed by atoms with van der Waals surface area (Å²) in [5, 5.41) is 36.3. The van der Waals surface area contributed by atoms with Gasteiger partial charge in [0.1, 0.15) is 11.5 Å². The second kappa shape index (κ2) is 6.45. The van der Waals surface area contributed by atoms with Crippen molar-refractivity contribution in [3.63, 3.8) is 0 Å². The highest BCUT2D eigenvalue weighted by Gasteiger charge is 2.18. The number of rotatable bonds is 4. The third kappa shape index (κ3) is 2.69. The summed E-state index contributed by atoms with van der Waals surface area (Å²) in [4.78, 5) is 8.27. The summed E-state index contributed by atoms with van der Waals surface area (Å²) in [6, 6.07) is 0. The van der Waals surface area contributed by atoms with E-state index in [1.165, 1.54) is 12.4 Å². The molecule has 0 saturated carbocycles. The minimum Gasteiger partial charge on any atom is -0.507 e. The Morgan fingerprint density at radius 1 is 0.792 bits per heavy atom. The molecule has 1 aromatic carbocycles. The van der Waals surface area contributed by atoms with Crippen LogP contribution in [0, 0.1) is 10.8 Å². The quantitative estimate of drug-likeness (QED) is 0.498. The predicted molar refractivity (Wildman–Crippen MR) is 97.7 cm³/mol. The predicted octanol–water partition coefficient (Wildman–Crippen LogP) is 1.59. The van der Waals surface area contributed by atoms with E-state index in [0.717, 1.165) is 12.4 Å². The van der Waals surface area contributed by atoms with E-state index in [1.807, 2.05) is 12.2 Å². The lowest BCUT2D eigenvalue weighted by Gasteiger charge is -2.16. The molecule has 4 N–H and O–H groups in total. The lowest BCUT2D eigenvalue weighted by Crippen LogP contribution is -2.21. The summed E-state index contributed by atoms with van der Waals surface area (Å²) in [5.74, 6) is 0.199. The molecule has 0 bridgehead atoms. The molecule has 0 aliphatic heterocycles. The van der Waals surface area contributed by atoms with Crippen LogP contribution < -0.4 is 10.4 Å². The van der Waals surface area contributed by atoms with Crippen LogP contribution in [0.5, 0.6) is 11.5 Å². The van der Waals surface area contributed by atoms with Crippen molar-refractivity contribution in [2.24, 2.45) is 9.98 Å². The Morgan fingerprint density at radius 2 is 1.21 bits per heavy atom. The van der Waals surface area contributed by atoms with Crippen molar-refractivity contribution in [3.05, 3.63) is 33.0 Å². The van der Waals surface area contributed by atoms with E-state index in [9.17, 15) is 10.2 Å². The Labute approximate surface area is 138 Å². The van der Waals surface area contributed by atoms with Crippen molar-refractivity contribution in [2.75, 3.05) is 0 Å². The highest BCUT2D eigenvalue weighted by Crippen LogP contribution is 2.28. The van der Waals surface area contributed by atoms with E-state index in [2.05, 4.69) is 9.98 Å². The standard InChI is InChI=1S/C18H16N4O2/c19-5-7-21-11-1-3-13-15(9-11)18(24)14-4-2-12(22-8-6-20)10-16(14)17(13)23/h3-10,19-20,23-24H,1-2H2. The van der Waals surface area contributed by atoms with Gasteiger partial charge in [-0.2, -0.15) is 0 Å². The molecule has 0 radical (unpaired) electrons. The molecule has 2 aliphatic carbocycles. The number of fused-ring (bicyclic) bond motifs is 2. The van der Waals surface area contributed by atoms with Crippen LogP contribution in [0.25, 0.3) is 24.3 Å². The molecule has 120 valence electrons. The summed E-state index contributed by atoms with van der Waals surface area (Å²) >= 11 is 0. The minimum absolute atomic E-state index is 0.0997. The van der Waals surface area contributed by atoms with Crippen molar-refractivity contribution >= 4 is 49.2 Å². The summed E-state index contributed by atoms with van der Waals surface area (Å²) in [7, 11) is 0. The molecule has 0 amide bonds. The Hall–Kier alpha value is -3.28. The van der Waals surface area contributed by atoms with Crippen molar-refractivity contribution in [3.8, 4) is 11.5 Å². The van der Waals surface area contributed by atoms with Crippen LogP contribution in [-0.2, 0) is 0 Å². The van der Waals surface area contributed by atoms with Gasteiger partial charge >= 0.3 is 0 Å². The Kier molecular flexibility index (Phi) is 4.20.